The normalized spacial score (nSPS) is 17.6. The van der Waals surface area contributed by atoms with E-state index in [1.807, 2.05) is 37.3 Å². The number of benzene rings is 2. The monoisotopic (exact) mass is 331 g/mol. The molecule has 2 aromatic carbocycles. The van der Waals surface area contributed by atoms with Gasteiger partial charge in [-0.25, -0.2) is 4.39 Å². The molecule has 0 radical (unpaired) electrons. The summed E-state index contributed by atoms with van der Waals surface area (Å²) < 4.78 is 18.8. The van der Waals surface area contributed by atoms with Crippen LogP contribution in [0.15, 0.2) is 48.5 Å². The van der Waals surface area contributed by atoms with Gasteiger partial charge in [-0.3, -0.25) is 4.79 Å². The summed E-state index contributed by atoms with van der Waals surface area (Å²) in [5.74, 6) is 1.08. The van der Waals surface area contributed by atoms with Crippen LogP contribution in [0.3, 0.4) is 0 Å². The number of thioether (sulfide) groups is 1. The molecule has 1 heterocycles. The molecule has 120 valence electrons. The molecule has 2 aromatic rings. The van der Waals surface area contributed by atoms with Crippen LogP contribution in [0.4, 0.5) is 4.39 Å². The van der Waals surface area contributed by atoms with Crippen LogP contribution in [0.25, 0.3) is 0 Å². The minimum Gasteiger partial charge on any atom is -0.494 e. The third kappa shape index (κ3) is 3.67. The first-order chi connectivity index (χ1) is 11.2. The zero-order valence-corrected chi connectivity index (χ0v) is 13.7. The van der Waals surface area contributed by atoms with E-state index in [0.29, 0.717) is 18.9 Å². The molecule has 0 spiro atoms. The van der Waals surface area contributed by atoms with Crippen LogP contribution in [0.1, 0.15) is 23.4 Å². The first-order valence-corrected chi connectivity index (χ1v) is 8.60. The van der Waals surface area contributed by atoms with Crippen LogP contribution >= 0.6 is 11.8 Å². The third-order valence-electron chi connectivity index (χ3n) is 3.69. The smallest absolute Gasteiger partial charge is 0.234 e. The molecule has 5 heteroatoms. The number of rotatable bonds is 5. The van der Waals surface area contributed by atoms with Crippen LogP contribution in [0.2, 0.25) is 0 Å². The van der Waals surface area contributed by atoms with Gasteiger partial charge in [0, 0.05) is 6.54 Å². The molecule has 1 aliphatic rings. The van der Waals surface area contributed by atoms with E-state index in [-0.39, 0.29) is 17.1 Å². The molecule has 0 bridgehead atoms. The van der Waals surface area contributed by atoms with Crippen molar-refractivity contribution in [1.29, 1.82) is 0 Å². The van der Waals surface area contributed by atoms with E-state index in [1.54, 1.807) is 22.7 Å². The van der Waals surface area contributed by atoms with Crippen LogP contribution in [0.5, 0.6) is 5.75 Å². The van der Waals surface area contributed by atoms with Gasteiger partial charge in [-0.15, -0.1) is 11.8 Å². The molecule has 0 aliphatic carbocycles. The first kappa shape index (κ1) is 15.9. The van der Waals surface area contributed by atoms with Gasteiger partial charge in [0.05, 0.1) is 12.4 Å². The summed E-state index contributed by atoms with van der Waals surface area (Å²) in [6.45, 7) is 2.99. The molecular weight excluding hydrogens is 313 g/mol. The van der Waals surface area contributed by atoms with Crippen molar-refractivity contribution in [3.63, 3.8) is 0 Å². The molecule has 1 saturated heterocycles. The number of hydrogen-bond donors (Lipinski definition) is 0. The van der Waals surface area contributed by atoms with Gasteiger partial charge in [0.2, 0.25) is 5.91 Å². The second-order valence-electron chi connectivity index (χ2n) is 5.32. The minimum atomic E-state index is -0.278. The molecule has 1 atom stereocenters. The number of halogens is 1. The van der Waals surface area contributed by atoms with Crippen LogP contribution in [0, 0.1) is 5.82 Å². The maximum Gasteiger partial charge on any atom is 0.234 e. The Balaban J connectivity index is 1.79. The van der Waals surface area contributed by atoms with Crippen molar-refractivity contribution in [3.8, 4) is 5.75 Å². The Labute approximate surface area is 139 Å². The predicted molar refractivity (Wildman–Crippen MR) is 89.8 cm³/mol. The van der Waals surface area contributed by atoms with Crippen molar-refractivity contribution in [1.82, 2.24) is 4.90 Å². The number of ether oxygens (including phenoxy) is 1. The van der Waals surface area contributed by atoms with Crippen molar-refractivity contribution in [2.45, 2.75) is 18.8 Å². The van der Waals surface area contributed by atoms with Gasteiger partial charge < -0.3 is 9.64 Å². The summed E-state index contributed by atoms with van der Waals surface area (Å²) >= 11 is 1.60. The van der Waals surface area contributed by atoms with Gasteiger partial charge in [0.1, 0.15) is 16.9 Å². The molecule has 1 amide bonds. The summed E-state index contributed by atoms with van der Waals surface area (Å²) in [5.41, 5.74) is 1.86. The van der Waals surface area contributed by atoms with Crippen molar-refractivity contribution >= 4 is 17.7 Å². The van der Waals surface area contributed by atoms with Crippen LogP contribution in [-0.2, 0) is 11.3 Å². The Morgan fingerprint density at radius 1 is 1.26 bits per heavy atom. The second-order valence-corrected chi connectivity index (χ2v) is 6.39. The highest BCUT2D eigenvalue weighted by molar-refractivity contribution is 8.00. The van der Waals surface area contributed by atoms with E-state index in [0.717, 1.165) is 16.9 Å². The zero-order chi connectivity index (χ0) is 16.2. The number of amides is 1. The largest absolute Gasteiger partial charge is 0.494 e. The predicted octanol–water partition coefficient (Wildman–Crippen LogP) is 4.00. The van der Waals surface area contributed by atoms with Crippen molar-refractivity contribution < 1.29 is 13.9 Å². The van der Waals surface area contributed by atoms with Crippen molar-refractivity contribution in [2.24, 2.45) is 0 Å². The van der Waals surface area contributed by atoms with Gasteiger partial charge >= 0.3 is 0 Å². The van der Waals surface area contributed by atoms with E-state index < -0.39 is 0 Å². The summed E-state index contributed by atoms with van der Waals surface area (Å²) in [6.07, 6.45) is 0. The molecule has 1 aliphatic heterocycles. The number of carbonyl (C=O) groups is 1. The maximum absolute atomic E-state index is 13.4. The summed E-state index contributed by atoms with van der Waals surface area (Å²) in [5, 5.41) is -0.0403. The van der Waals surface area contributed by atoms with E-state index in [9.17, 15) is 9.18 Å². The molecule has 3 nitrogen and oxygen atoms in total. The molecular formula is C18H18FNO2S. The fourth-order valence-electron chi connectivity index (χ4n) is 2.63. The standard InChI is InChI=1S/C18H18FNO2S/c1-2-22-16-8-6-14(7-9-16)18-20(17(21)12-23-18)11-13-4-3-5-15(19)10-13/h3-10,18H,2,11-12H2,1H3. The average molecular weight is 331 g/mol. The lowest BCUT2D eigenvalue weighted by Crippen LogP contribution is -2.27. The van der Waals surface area contributed by atoms with E-state index in [2.05, 4.69) is 0 Å². The fraction of sp³-hybridized carbons (Fsp3) is 0.278. The van der Waals surface area contributed by atoms with E-state index >= 15 is 0 Å². The lowest BCUT2D eigenvalue weighted by Gasteiger charge is -2.24. The summed E-state index contributed by atoms with van der Waals surface area (Å²) in [7, 11) is 0. The zero-order valence-electron chi connectivity index (χ0n) is 12.9. The summed E-state index contributed by atoms with van der Waals surface area (Å²) in [6, 6.07) is 14.2. The highest BCUT2D eigenvalue weighted by atomic mass is 32.2. The van der Waals surface area contributed by atoms with Gasteiger partial charge in [0.15, 0.2) is 0 Å². The molecule has 23 heavy (non-hydrogen) atoms. The lowest BCUT2D eigenvalue weighted by atomic mass is 10.1. The Morgan fingerprint density at radius 2 is 2.04 bits per heavy atom. The van der Waals surface area contributed by atoms with E-state index in [1.165, 1.54) is 12.1 Å². The molecule has 1 unspecified atom stereocenters. The number of carbonyl (C=O) groups excluding carboxylic acids is 1. The molecule has 1 fully saturated rings. The lowest BCUT2D eigenvalue weighted by molar-refractivity contribution is -0.128. The highest BCUT2D eigenvalue weighted by Gasteiger charge is 2.32. The van der Waals surface area contributed by atoms with Crippen LogP contribution < -0.4 is 4.74 Å². The fourth-order valence-corrected chi connectivity index (χ4v) is 3.82. The minimum absolute atomic E-state index is 0.0403. The Kier molecular flexibility index (Phi) is 4.86. The van der Waals surface area contributed by atoms with Gasteiger partial charge in [-0.1, -0.05) is 24.3 Å². The Hall–Kier alpha value is -2.01. The average Bonchev–Trinajstić information content (AvgIpc) is 2.90. The number of nitrogens with zero attached hydrogens (tertiary/aromatic N) is 1. The summed E-state index contributed by atoms with van der Waals surface area (Å²) in [4.78, 5) is 14.0. The van der Waals surface area contributed by atoms with Crippen molar-refractivity contribution in [3.05, 3.63) is 65.5 Å². The quantitative estimate of drug-likeness (QED) is 0.829. The van der Waals surface area contributed by atoms with Crippen LogP contribution in [-0.4, -0.2) is 23.2 Å². The van der Waals surface area contributed by atoms with E-state index in [4.69, 9.17) is 4.74 Å². The van der Waals surface area contributed by atoms with Crippen molar-refractivity contribution in [2.75, 3.05) is 12.4 Å². The Morgan fingerprint density at radius 3 is 2.74 bits per heavy atom. The number of hydrogen-bond acceptors (Lipinski definition) is 3. The SMILES string of the molecule is CCOc1ccc(C2SCC(=O)N2Cc2cccc(F)c2)cc1. The third-order valence-corrected chi connectivity index (χ3v) is 4.94. The van der Waals surface area contributed by atoms with Gasteiger partial charge in [-0.05, 0) is 42.3 Å². The first-order valence-electron chi connectivity index (χ1n) is 7.55. The molecule has 0 saturated carbocycles. The Bertz CT molecular complexity index is 690. The van der Waals surface area contributed by atoms with Gasteiger partial charge in [-0.2, -0.15) is 0 Å². The molecule has 3 rings (SSSR count). The second kappa shape index (κ2) is 7.04. The topological polar surface area (TPSA) is 29.5 Å². The maximum atomic E-state index is 13.4. The highest BCUT2D eigenvalue weighted by Crippen LogP contribution is 2.40. The van der Waals surface area contributed by atoms with Gasteiger partial charge in [0.25, 0.3) is 0 Å². The molecule has 0 N–H and O–H groups in total. The molecule has 0 aromatic heterocycles.